The lowest BCUT2D eigenvalue weighted by molar-refractivity contribution is -0.118. The third-order valence-corrected chi connectivity index (χ3v) is 4.48. The van der Waals surface area contributed by atoms with Gasteiger partial charge in [-0.25, -0.2) is 0 Å². The molecule has 134 valence electrons. The van der Waals surface area contributed by atoms with Gasteiger partial charge < -0.3 is 15.4 Å². The van der Waals surface area contributed by atoms with Gasteiger partial charge in [-0.3, -0.25) is 9.59 Å². The normalized spacial score (nSPS) is 10.0. The van der Waals surface area contributed by atoms with E-state index in [1.165, 1.54) is 11.8 Å². The van der Waals surface area contributed by atoms with Crippen LogP contribution < -0.4 is 10.6 Å². The number of ether oxygens (including phenoxy) is 1. The molecule has 2 rings (SSSR count). The van der Waals surface area contributed by atoms with Gasteiger partial charge in [0.2, 0.25) is 5.91 Å². The summed E-state index contributed by atoms with van der Waals surface area (Å²) in [5.74, 6) is 2.40. The molecular weight excluding hydrogens is 348 g/mol. The van der Waals surface area contributed by atoms with Gasteiger partial charge in [0.15, 0.2) is 0 Å². The van der Waals surface area contributed by atoms with Crippen LogP contribution in [-0.4, -0.2) is 37.8 Å². The van der Waals surface area contributed by atoms with Crippen LogP contribution in [0.3, 0.4) is 0 Å². The summed E-state index contributed by atoms with van der Waals surface area (Å²) in [6.07, 6.45) is 5.38. The van der Waals surface area contributed by atoms with Crippen LogP contribution >= 0.6 is 11.8 Å². The first-order valence-corrected chi connectivity index (χ1v) is 8.98. The zero-order valence-electron chi connectivity index (χ0n) is 14.5. The van der Waals surface area contributed by atoms with Gasteiger partial charge in [-0.05, 0) is 30.3 Å². The molecule has 0 aliphatic carbocycles. The fourth-order valence-corrected chi connectivity index (χ4v) is 3.03. The highest BCUT2D eigenvalue weighted by Gasteiger charge is 2.13. The fourth-order valence-electron chi connectivity index (χ4n) is 2.15. The van der Waals surface area contributed by atoms with Gasteiger partial charge in [-0.15, -0.1) is 18.2 Å². The summed E-state index contributed by atoms with van der Waals surface area (Å²) in [5.41, 5.74) is 1.83. The molecular formula is C20H20N2O3S. The Morgan fingerprint density at radius 2 is 2.00 bits per heavy atom. The van der Waals surface area contributed by atoms with E-state index in [4.69, 9.17) is 11.2 Å². The maximum absolute atomic E-state index is 12.6. The fraction of sp³-hybridized carbons (Fsp3) is 0.200. The number of hydrogen-bond acceptors (Lipinski definition) is 4. The first-order chi connectivity index (χ1) is 12.6. The molecule has 0 saturated carbocycles. The lowest BCUT2D eigenvalue weighted by Crippen LogP contribution is -2.28. The maximum atomic E-state index is 12.6. The summed E-state index contributed by atoms with van der Waals surface area (Å²) in [6, 6.07) is 14.3. The van der Waals surface area contributed by atoms with E-state index in [2.05, 4.69) is 16.6 Å². The average Bonchev–Trinajstić information content (AvgIpc) is 2.67. The van der Waals surface area contributed by atoms with Crippen LogP contribution in [0.5, 0.6) is 0 Å². The molecule has 26 heavy (non-hydrogen) atoms. The van der Waals surface area contributed by atoms with Crippen LogP contribution in [0.4, 0.5) is 5.69 Å². The van der Waals surface area contributed by atoms with Gasteiger partial charge in [-0.1, -0.05) is 24.1 Å². The number of carbonyl (C=O) groups is 2. The van der Waals surface area contributed by atoms with Crippen LogP contribution in [0.25, 0.3) is 0 Å². The monoisotopic (exact) mass is 368 g/mol. The molecule has 2 aromatic carbocycles. The smallest absolute Gasteiger partial charge is 0.256 e. The predicted molar refractivity (Wildman–Crippen MR) is 104 cm³/mol. The molecule has 2 aromatic rings. The van der Waals surface area contributed by atoms with Crippen LogP contribution in [0, 0.1) is 12.3 Å². The molecule has 0 fully saturated rings. The van der Waals surface area contributed by atoms with E-state index < -0.39 is 0 Å². The molecule has 0 spiro atoms. The quantitative estimate of drug-likeness (QED) is 0.427. The van der Waals surface area contributed by atoms with Crippen molar-refractivity contribution < 1.29 is 14.3 Å². The van der Waals surface area contributed by atoms with Crippen molar-refractivity contribution in [2.45, 2.75) is 4.90 Å². The Labute approximate surface area is 157 Å². The van der Waals surface area contributed by atoms with Crippen molar-refractivity contribution in [3.8, 4) is 12.3 Å². The molecule has 5 nitrogen and oxygen atoms in total. The lowest BCUT2D eigenvalue weighted by Gasteiger charge is -2.10. The van der Waals surface area contributed by atoms with Crippen LogP contribution in [-0.2, 0) is 9.53 Å². The molecule has 0 aliphatic heterocycles. The second-order valence-corrected chi connectivity index (χ2v) is 6.32. The van der Waals surface area contributed by atoms with E-state index in [0.717, 1.165) is 4.90 Å². The summed E-state index contributed by atoms with van der Waals surface area (Å²) in [5, 5.41) is 5.59. The number of benzene rings is 2. The van der Waals surface area contributed by atoms with Crippen molar-refractivity contribution in [3.63, 3.8) is 0 Å². The number of rotatable bonds is 8. The second kappa shape index (κ2) is 10.3. The molecule has 0 saturated heterocycles. The Bertz CT molecular complexity index is 815. The predicted octanol–water partition coefficient (Wildman–Crippen LogP) is 2.77. The van der Waals surface area contributed by atoms with Gasteiger partial charge >= 0.3 is 0 Å². The van der Waals surface area contributed by atoms with E-state index in [1.807, 2.05) is 12.1 Å². The number of terminal acetylenes is 1. The van der Waals surface area contributed by atoms with E-state index in [1.54, 1.807) is 43.5 Å². The zero-order valence-corrected chi connectivity index (χ0v) is 15.3. The first-order valence-electron chi connectivity index (χ1n) is 7.99. The standard InChI is InChI=1S/C20H20N2O3S/c1-3-15-7-6-8-16(13-15)22-20(24)17-9-4-5-10-18(17)26-14-19(23)21-11-12-25-2/h1,4-10,13H,11-12,14H2,2H3,(H,21,23)(H,22,24). The number of anilines is 1. The number of thioether (sulfide) groups is 1. The van der Waals surface area contributed by atoms with Gasteiger partial charge in [-0.2, -0.15) is 0 Å². The second-order valence-electron chi connectivity index (χ2n) is 5.31. The molecule has 0 atom stereocenters. The third-order valence-electron chi connectivity index (χ3n) is 3.41. The molecule has 0 unspecified atom stereocenters. The number of carbonyl (C=O) groups excluding carboxylic acids is 2. The number of nitrogens with one attached hydrogen (secondary N) is 2. The van der Waals surface area contributed by atoms with Crippen LogP contribution in [0.15, 0.2) is 53.4 Å². The Hall–Kier alpha value is -2.75. The van der Waals surface area contributed by atoms with Crippen molar-refractivity contribution in [2.75, 3.05) is 31.3 Å². The van der Waals surface area contributed by atoms with Crippen molar-refractivity contribution in [1.82, 2.24) is 5.32 Å². The molecule has 0 radical (unpaired) electrons. The molecule has 2 N–H and O–H groups in total. The summed E-state index contributed by atoms with van der Waals surface area (Å²) < 4.78 is 4.89. The number of hydrogen-bond donors (Lipinski definition) is 2. The highest BCUT2D eigenvalue weighted by atomic mass is 32.2. The summed E-state index contributed by atoms with van der Waals surface area (Å²) in [4.78, 5) is 25.2. The van der Waals surface area contributed by atoms with Gasteiger partial charge in [0.05, 0.1) is 17.9 Å². The van der Waals surface area contributed by atoms with E-state index in [-0.39, 0.29) is 17.6 Å². The topological polar surface area (TPSA) is 67.4 Å². The summed E-state index contributed by atoms with van der Waals surface area (Å²) >= 11 is 1.31. The zero-order chi connectivity index (χ0) is 18.8. The number of amides is 2. The lowest BCUT2D eigenvalue weighted by atomic mass is 10.2. The Morgan fingerprint density at radius 1 is 1.19 bits per heavy atom. The van der Waals surface area contributed by atoms with E-state index in [0.29, 0.717) is 30.0 Å². The van der Waals surface area contributed by atoms with Crippen LogP contribution in [0.1, 0.15) is 15.9 Å². The SMILES string of the molecule is C#Cc1cccc(NC(=O)c2ccccc2SCC(=O)NCCOC)c1. The molecule has 0 aliphatic rings. The van der Waals surface area contributed by atoms with Gasteiger partial charge in [0.1, 0.15) is 0 Å². The minimum Gasteiger partial charge on any atom is -0.383 e. The summed E-state index contributed by atoms with van der Waals surface area (Å²) in [6.45, 7) is 0.926. The van der Waals surface area contributed by atoms with Crippen LogP contribution in [0.2, 0.25) is 0 Å². The third kappa shape index (κ3) is 5.96. The summed E-state index contributed by atoms with van der Waals surface area (Å²) in [7, 11) is 1.58. The number of methoxy groups -OCH3 is 1. The van der Waals surface area contributed by atoms with E-state index in [9.17, 15) is 9.59 Å². The van der Waals surface area contributed by atoms with Crippen molar-refractivity contribution in [2.24, 2.45) is 0 Å². The molecule has 6 heteroatoms. The van der Waals surface area contributed by atoms with E-state index >= 15 is 0 Å². The van der Waals surface area contributed by atoms with Crippen molar-refractivity contribution in [1.29, 1.82) is 0 Å². The first kappa shape index (κ1) is 19.6. The molecule has 0 bridgehead atoms. The van der Waals surface area contributed by atoms with Crippen molar-refractivity contribution >= 4 is 29.3 Å². The average molecular weight is 368 g/mol. The van der Waals surface area contributed by atoms with Crippen molar-refractivity contribution in [3.05, 3.63) is 59.7 Å². The highest BCUT2D eigenvalue weighted by molar-refractivity contribution is 8.00. The Balaban J connectivity index is 2.02. The van der Waals surface area contributed by atoms with Gasteiger partial charge in [0, 0.05) is 29.8 Å². The highest BCUT2D eigenvalue weighted by Crippen LogP contribution is 2.23. The minimum atomic E-state index is -0.248. The molecule has 0 aromatic heterocycles. The largest absolute Gasteiger partial charge is 0.383 e. The minimum absolute atomic E-state index is 0.107. The molecule has 0 heterocycles. The van der Waals surface area contributed by atoms with Gasteiger partial charge in [0.25, 0.3) is 5.91 Å². The Morgan fingerprint density at radius 3 is 2.77 bits per heavy atom. The maximum Gasteiger partial charge on any atom is 0.256 e. The Kier molecular flexibility index (Phi) is 7.75. The molecule has 2 amide bonds.